The van der Waals surface area contributed by atoms with Crippen molar-refractivity contribution in [2.75, 3.05) is 26.2 Å². The lowest BCUT2D eigenvalue weighted by atomic mass is 9.97. The Hall–Kier alpha value is -2.57. The Balaban J connectivity index is 1.39. The molecule has 2 saturated heterocycles. The fraction of sp³-hybridized carbons (Fsp3) is 0.591. The van der Waals surface area contributed by atoms with Crippen molar-refractivity contribution in [1.82, 2.24) is 19.4 Å². The van der Waals surface area contributed by atoms with Crippen molar-refractivity contribution in [3.8, 4) is 0 Å². The van der Waals surface area contributed by atoms with Gasteiger partial charge in [0.2, 0.25) is 5.91 Å². The second kappa shape index (κ2) is 7.69. The number of piperidine rings is 1. The van der Waals surface area contributed by atoms with E-state index in [4.69, 9.17) is 4.74 Å². The molecule has 3 heterocycles. The summed E-state index contributed by atoms with van der Waals surface area (Å²) in [5, 5.41) is 0. The van der Waals surface area contributed by atoms with Crippen LogP contribution in [0.25, 0.3) is 11.0 Å². The average molecular weight is 399 g/mol. The van der Waals surface area contributed by atoms with Gasteiger partial charge in [0.05, 0.1) is 29.3 Å². The molecule has 7 nitrogen and oxygen atoms in total. The Kier molecular flexibility index (Phi) is 5.23. The maximum atomic E-state index is 13.2. The van der Waals surface area contributed by atoms with Gasteiger partial charge in [0.1, 0.15) is 5.60 Å². The number of rotatable bonds is 2. The molecule has 2 fully saturated rings. The minimum Gasteiger partial charge on any atom is -0.444 e. The number of hydrogen-bond acceptors (Lipinski definition) is 4. The summed E-state index contributed by atoms with van der Waals surface area (Å²) in [4.78, 5) is 33.7. The Bertz CT molecular complexity index is 901. The number of benzene rings is 1. The van der Waals surface area contributed by atoms with E-state index in [-0.39, 0.29) is 24.0 Å². The number of carbonyl (C=O) groups is 2. The molecule has 0 saturated carbocycles. The average Bonchev–Trinajstić information content (AvgIpc) is 3.33. The molecule has 0 unspecified atom stereocenters. The van der Waals surface area contributed by atoms with Crippen molar-refractivity contribution >= 4 is 23.0 Å². The van der Waals surface area contributed by atoms with Crippen LogP contribution in [0.5, 0.6) is 0 Å². The zero-order valence-corrected chi connectivity index (χ0v) is 17.5. The van der Waals surface area contributed by atoms with Crippen LogP contribution in [0.15, 0.2) is 30.6 Å². The van der Waals surface area contributed by atoms with E-state index >= 15 is 0 Å². The molecule has 1 aromatic heterocycles. The molecule has 7 heteroatoms. The quantitative estimate of drug-likeness (QED) is 0.777. The third kappa shape index (κ3) is 4.23. The number of carbonyl (C=O) groups excluding carboxylic acids is 2. The van der Waals surface area contributed by atoms with E-state index in [0.717, 1.165) is 36.8 Å². The summed E-state index contributed by atoms with van der Waals surface area (Å²) in [7, 11) is 0. The smallest absolute Gasteiger partial charge is 0.410 e. The highest BCUT2D eigenvalue weighted by Crippen LogP contribution is 2.29. The van der Waals surface area contributed by atoms with Crippen LogP contribution in [0.3, 0.4) is 0 Å². The minimum absolute atomic E-state index is 0.144. The van der Waals surface area contributed by atoms with Crippen LogP contribution in [0.2, 0.25) is 0 Å². The standard InChI is InChI=1S/C22H30N4O3/c1-22(2,3)29-21(28)25-11-6-7-16(13-25)20(27)24-12-10-17(14-24)26-15-23-18-8-4-5-9-19(18)26/h4-5,8-9,15-17H,6-7,10-14H2,1-3H3/t16-,17+/m1/s1. The molecule has 156 valence electrons. The summed E-state index contributed by atoms with van der Waals surface area (Å²) in [5.41, 5.74) is 1.57. The summed E-state index contributed by atoms with van der Waals surface area (Å²) in [6.45, 7) is 8.14. The van der Waals surface area contributed by atoms with E-state index in [1.807, 2.05) is 50.2 Å². The monoisotopic (exact) mass is 398 g/mol. The second-order valence-corrected chi connectivity index (χ2v) is 9.13. The van der Waals surface area contributed by atoms with Crippen LogP contribution in [0.4, 0.5) is 4.79 Å². The number of hydrogen-bond donors (Lipinski definition) is 0. The number of ether oxygens (including phenoxy) is 1. The highest BCUT2D eigenvalue weighted by molar-refractivity contribution is 5.81. The Morgan fingerprint density at radius 1 is 1.07 bits per heavy atom. The van der Waals surface area contributed by atoms with Gasteiger partial charge in [-0.1, -0.05) is 12.1 Å². The summed E-state index contributed by atoms with van der Waals surface area (Å²) in [6, 6.07) is 8.34. The van der Waals surface area contributed by atoms with Crippen molar-refractivity contribution in [2.24, 2.45) is 5.92 Å². The predicted molar refractivity (Wildman–Crippen MR) is 110 cm³/mol. The molecule has 2 aliphatic heterocycles. The molecule has 2 amide bonds. The van der Waals surface area contributed by atoms with E-state index in [9.17, 15) is 9.59 Å². The van der Waals surface area contributed by atoms with E-state index in [1.165, 1.54) is 0 Å². The lowest BCUT2D eigenvalue weighted by Crippen LogP contribution is -2.47. The normalized spacial score (nSPS) is 22.9. The van der Waals surface area contributed by atoms with E-state index in [2.05, 4.69) is 15.6 Å². The molecule has 0 radical (unpaired) electrons. The first-order valence-electron chi connectivity index (χ1n) is 10.5. The highest BCUT2D eigenvalue weighted by Gasteiger charge is 2.36. The third-order valence-corrected chi connectivity index (χ3v) is 5.77. The summed E-state index contributed by atoms with van der Waals surface area (Å²) in [6.07, 6.45) is 4.15. The maximum absolute atomic E-state index is 13.2. The van der Waals surface area contributed by atoms with Crippen LogP contribution in [0.1, 0.15) is 46.1 Å². The van der Waals surface area contributed by atoms with Crippen LogP contribution in [-0.4, -0.2) is 63.1 Å². The lowest BCUT2D eigenvalue weighted by molar-refractivity contribution is -0.136. The van der Waals surface area contributed by atoms with Gasteiger partial charge in [0.25, 0.3) is 0 Å². The molecule has 0 spiro atoms. The van der Waals surface area contributed by atoms with E-state index in [0.29, 0.717) is 19.6 Å². The number of likely N-dealkylation sites (tertiary alicyclic amines) is 2. The Morgan fingerprint density at radius 3 is 2.66 bits per heavy atom. The van der Waals surface area contributed by atoms with E-state index in [1.54, 1.807) is 4.90 Å². The molecule has 0 aliphatic carbocycles. The largest absolute Gasteiger partial charge is 0.444 e. The van der Waals surface area contributed by atoms with Crippen LogP contribution < -0.4 is 0 Å². The van der Waals surface area contributed by atoms with Crippen molar-refractivity contribution < 1.29 is 14.3 Å². The number of imidazole rings is 1. The first kappa shape index (κ1) is 19.7. The number of fused-ring (bicyclic) bond motifs is 1. The first-order chi connectivity index (χ1) is 13.8. The van der Waals surface area contributed by atoms with Crippen LogP contribution in [0, 0.1) is 5.92 Å². The van der Waals surface area contributed by atoms with Gasteiger partial charge in [-0.05, 0) is 52.2 Å². The summed E-state index contributed by atoms with van der Waals surface area (Å²) >= 11 is 0. The number of amides is 2. The van der Waals surface area contributed by atoms with Crippen molar-refractivity contribution in [1.29, 1.82) is 0 Å². The topological polar surface area (TPSA) is 67.7 Å². The zero-order valence-electron chi connectivity index (χ0n) is 17.5. The lowest BCUT2D eigenvalue weighted by Gasteiger charge is -2.35. The predicted octanol–water partition coefficient (Wildman–Crippen LogP) is 3.46. The molecule has 0 N–H and O–H groups in total. The summed E-state index contributed by atoms with van der Waals surface area (Å²) < 4.78 is 7.68. The van der Waals surface area contributed by atoms with Gasteiger partial charge >= 0.3 is 6.09 Å². The Morgan fingerprint density at radius 2 is 1.86 bits per heavy atom. The first-order valence-corrected chi connectivity index (χ1v) is 10.5. The SMILES string of the molecule is CC(C)(C)OC(=O)N1CCC[C@@H](C(=O)N2CC[C@H](n3cnc4ccccc43)C2)C1. The molecular weight excluding hydrogens is 368 g/mol. The maximum Gasteiger partial charge on any atom is 0.410 e. The van der Waals surface area contributed by atoms with Gasteiger partial charge in [0, 0.05) is 26.2 Å². The van der Waals surface area contributed by atoms with Crippen molar-refractivity contribution in [3.63, 3.8) is 0 Å². The number of aromatic nitrogens is 2. The number of nitrogens with zero attached hydrogens (tertiary/aromatic N) is 4. The molecule has 0 bridgehead atoms. The van der Waals surface area contributed by atoms with Crippen LogP contribution >= 0.6 is 0 Å². The fourth-order valence-corrected chi connectivity index (χ4v) is 4.37. The second-order valence-electron chi connectivity index (χ2n) is 9.13. The van der Waals surface area contributed by atoms with Gasteiger partial charge in [-0.2, -0.15) is 0 Å². The van der Waals surface area contributed by atoms with E-state index < -0.39 is 5.60 Å². The van der Waals surface area contributed by atoms with Gasteiger partial charge in [-0.15, -0.1) is 0 Å². The zero-order chi connectivity index (χ0) is 20.6. The van der Waals surface area contributed by atoms with Crippen molar-refractivity contribution in [3.05, 3.63) is 30.6 Å². The van der Waals surface area contributed by atoms with Gasteiger partial charge < -0.3 is 19.1 Å². The molecule has 4 rings (SSSR count). The Labute approximate surface area is 171 Å². The highest BCUT2D eigenvalue weighted by atomic mass is 16.6. The third-order valence-electron chi connectivity index (χ3n) is 5.77. The van der Waals surface area contributed by atoms with Crippen LogP contribution in [-0.2, 0) is 9.53 Å². The van der Waals surface area contributed by atoms with Gasteiger partial charge in [-0.25, -0.2) is 9.78 Å². The van der Waals surface area contributed by atoms with Crippen molar-refractivity contribution in [2.45, 2.75) is 51.7 Å². The molecular formula is C22H30N4O3. The molecule has 2 atom stereocenters. The fourth-order valence-electron chi connectivity index (χ4n) is 4.37. The summed E-state index contributed by atoms with van der Waals surface area (Å²) in [5.74, 6) is 0.0136. The minimum atomic E-state index is -0.524. The molecule has 29 heavy (non-hydrogen) atoms. The van der Waals surface area contributed by atoms with Gasteiger partial charge in [-0.3, -0.25) is 4.79 Å². The van der Waals surface area contributed by atoms with Gasteiger partial charge in [0.15, 0.2) is 0 Å². The molecule has 1 aromatic carbocycles. The molecule has 2 aliphatic rings. The molecule has 2 aromatic rings. The number of para-hydroxylation sites is 2.